The van der Waals surface area contributed by atoms with E-state index in [1.54, 1.807) is 12.1 Å². The van der Waals surface area contributed by atoms with E-state index in [4.69, 9.17) is 28.3 Å². The molecule has 0 spiro atoms. The summed E-state index contributed by atoms with van der Waals surface area (Å²) >= 11 is 13.0. The maximum Gasteiger partial charge on any atom is 0.339 e. The number of carbonyl (C=O) groups is 1. The Morgan fingerprint density at radius 3 is 2.41 bits per heavy atom. The first-order valence-electron chi connectivity index (χ1n) is 4.50. The van der Waals surface area contributed by atoms with Gasteiger partial charge in [0.05, 0.1) is 4.34 Å². The van der Waals surface area contributed by atoms with Gasteiger partial charge >= 0.3 is 5.97 Å². The van der Waals surface area contributed by atoms with E-state index in [0.29, 0.717) is 19.8 Å². The third-order valence-electron chi connectivity index (χ3n) is 2.20. The molecule has 3 nitrogen and oxygen atoms in total. The fourth-order valence-electron chi connectivity index (χ4n) is 1.42. The normalized spacial score (nSPS) is 10.5. The quantitative estimate of drug-likeness (QED) is 0.874. The van der Waals surface area contributed by atoms with Crippen molar-refractivity contribution < 1.29 is 15.0 Å². The molecule has 0 radical (unpaired) electrons. The molecule has 0 amide bonds. The molecule has 6 heteroatoms. The van der Waals surface area contributed by atoms with Gasteiger partial charge in [0.1, 0.15) is 15.6 Å². The minimum absolute atomic E-state index is 0.147. The van der Waals surface area contributed by atoms with Crippen molar-refractivity contribution in [1.29, 1.82) is 0 Å². The molecule has 0 saturated heterocycles. The molecule has 0 bridgehead atoms. The molecule has 1 aromatic heterocycles. The van der Waals surface area contributed by atoms with E-state index in [0.717, 1.165) is 0 Å². The van der Waals surface area contributed by atoms with E-state index in [-0.39, 0.29) is 11.3 Å². The Kier molecular flexibility index (Phi) is 3.28. The molecule has 2 aromatic rings. The molecule has 88 valence electrons. The van der Waals surface area contributed by atoms with E-state index >= 15 is 0 Å². The number of aromatic hydroxyl groups is 1. The summed E-state index contributed by atoms with van der Waals surface area (Å²) in [5.74, 6) is -1.48. The average Bonchev–Trinajstić information content (AvgIpc) is 2.57. The molecule has 0 unspecified atom stereocenters. The predicted molar refractivity (Wildman–Crippen MR) is 68.4 cm³/mol. The first-order valence-corrected chi connectivity index (χ1v) is 6.08. The van der Waals surface area contributed by atoms with Crippen LogP contribution in [-0.4, -0.2) is 16.2 Å². The Bertz CT molecular complexity index is 592. The molecule has 17 heavy (non-hydrogen) atoms. The highest BCUT2D eigenvalue weighted by Crippen LogP contribution is 2.39. The smallest absolute Gasteiger partial charge is 0.339 e. The number of halogens is 2. The minimum atomic E-state index is -1.18. The van der Waals surface area contributed by atoms with Gasteiger partial charge in [-0.05, 0) is 23.8 Å². The first-order chi connectivity index (χ1) is 7.99. The van der Waals surface area contributed by atoms with Gasteiger partial charge in [0.2, 0.25) is 0 Å². The fourth-order valence-corrected chi connectivity index (χ4v) is 2.92. The van der Waals surface area contributed by atoms with Crippen molar-refractivity contribution in [2.75, 3.05) is 0 Å². The van der Waals surface area contributed by atoms with Gasteiger partial charge in [-0.2, -0.15) is 0 Å². The van der Waals surface area contributed by atoms with Crippen molar-refractivity contribution in [3.05, 3.63) is 38.5 Å². The monoisotopic (exact) mass is 288 g/mol. The minimum Gasteiger partial charge on any atom is -0.507 e. The summed E-state index contributed by atoms with van der Waals surface area (Å²) in [7, 11) is 0. The zero-order valence-corrected chi connectivity index (χ0v) is 10.6. The maximum absolute atomic E-state index is 10.7. The van der Waals surface area contributed by atoms with Gasteiger partial charge < -0.3 is 10.2 Å². The molecular formula is C11H6Cl2O3S. The number of hydrogen-bond acceptors (Lipinski definition) is 3. The van der Waals surface area contributed by atoms with Crippen LogP contribution in [0.4, 0.5) is 0 Å². The summed E-state index contributed by atoms with van der Waals surface area (Å²) in [6, 6.07) is 5.93. The molecule has 0 aliphatic carbocycles. The molecule has 0 aliphatic heterocycles. The molecule has 2 N–H and O–H groups in total. The Labute approximate surface area is 111 Å². The lowest BCUT2D eigenvalue weighted by Crippen LogP contribution is -1.96. The van der Waals surface area contributed by atoms with Gasteiger partial charge in [-0.1, -0.05) is 29.3 Å². The van der Waals surface area contributed by atoms with Crippen molar-refractivity contribution in [3.8, 4) is 16.9 Å². The Hall–Kier alpha value is -1.23. The molecule has 2 rings (SSSR count). The van der Waals surface area contributed by atoms with E-state index in [2.05, 4.69) is 0 Å². The van der Waals surface area contributed by atoms with Crippen LogP contribution in [0.2, 0.25) is 8.67 Å². The van der Waals surface area contributed by atoms with Gasteiger partial charge in [-0.25, -0.2) is 4.79 Å². The van der Waals surface area contributed by atoms with Crippen LogP contribution in [0.15, 0.2) is 24.3 Å². The van der Waals surface area contributed by atoms with Crippen LogP contribution in [0.3, 0.4) is 0 Å². The molecule has 0 saturated carbocycles. The summed E-state index contributed by atoms with van der Waals surface area (Å²) < 4.78 is 1.03. The number of rotatable bonds is 2. The zero-order valence-electron chi connectivity index (χ0n) is 8.28. The fraction of sp³-hybridized carbons (Fsp3) is 0. The van der Waals surface area contributed by atoms with Gasteiger partial charge in [0, 0.05) is 5.56 Å². The number of hydrogen-bond donors (Lipinski definition) is 2. The van der Waals surface area contributed by atoms with Crippen molar-refractivity contribution in [1.82, 2.24) is 0 Å². The van der Waals surface area contributed by atoms with Gasteiger partial charge in [0.15, 0.2) is 0 Å². The summed E-state index contributed by atoms with van der Waals surface area (Å²) in [5.41, 5.74) is 1.15. The molecule has 0 aliphatic rings. The number of thiophene rings is 1. The number of phenols is 1. The lowest BCUT2D eigenvalue weighted by Gasteiger charge is -2.03. The number of carboxylic acid groups (broad SMARTS) is 1. The molecular weight excluding hydrogens is 283 g/mol. The highest BCUT2D eigenvalue weighted by molar-refractivity contribution is 7.20. The second-order valence-electron chi connectivity index (χ2n) is 3.27. The van der Waals surface area contributed by atoms with Gasteiger partial charge in [0.25, 0.3) is 0 Å². The summed E-state index contributed by atoms with van der Waals surface area (Å²) in [6.07, 6.45) is 0. The van der Waals surface area contributed by atoms with E-state index in [1.165, 1.54) is 23.5 Å². The van der Waals surface area contributed by atoms with Crippen molar-refractivity contribution in [2.45, 2.75) is 0 Å². The summed E-state index contributed by atoms with van der Waals surface area (Å²) in [6.45, 7) is 0. The lowest BCUT2D eigenvalue weighted by molar-refractivity contribution is 0.0694. The van der Waals surface area contributed by atoms with Gasteiger partial charge in [-0.15, -0.1) is 11.3 Å². The van der Waals surface area contributed by atoms with Crippen LogP contribution in [0, 0.1) is 0 Å². The van der Waals surface area contributed by atoms with Crippen LogP contribution < -0.4 is 0 Å². The molecule has 1 heterocycles. The van der Waals surface area contributed by atoms with Crippen molar-refractivity contribution in [2.24, 2.45) is 0 Å². The molecule has 1 aromatic carbocycles. The predicted octanol–water partition coefficient (Wildman–Crippen LogP) is 4.13. The van der Waals surface area contributed by atoms with Crippen molar-refractivity contribution >= 4 is 40.5 Å². The van der Waals surface area contributed by atoms with E-state index in [9.17, 15) is 9.90 Å². The standard InChI is InChI=1S/C11H6Cl2O3S/c12-9-4-7(10(13)17-9)5-1-2-6(11(15)16)8(14)3-5/h1-4,14H,(H,15,16). The van der Waals surface area contributed by atoms with Gasteiger partial charge in [-0.3, -0.25) is 0 Å². The molecule has 0 fully saturated rings. The van der Waals surface area contributed by atoms with Crippen LogP contribution in [0.5, 0.6) is 5.75 Å². The van der Waals surface area contributed by atoms with Crippen LogP contribution in [0.1, 0.15) is 10.4 Å². The Morgan fingerprint density at radius 1 is 1.24 bits per heavy atom. The highest BCUT2D eigenvalue weighted by atomic mass is 35.5. The largest absolute Gasteiger partial charge is 0.507 e. The lowest BCUT2D eigenvalue weighted by atomic mass is 10.1. The first kappa shape index (κ1) is 12.2. The zero-order chi connectivity index (χ0) is 12.6. The second kappa shape index (κ2) is 4.56. The summed E-state index contributed by atoms with van der Waals surface area (Å²) in [4.78, 5) is 10.7. The average molecular weight is 289 g/mol. The SMILES string of the molecule is O=C(O)c1ccc(-c2cc(Cl)sc2Cl)cc1O. The third-order valence-corrected chi connectivity index (χ3v) is 3.68. The number of carboxylic acids is 1. The third kappa shape index (κ3) is 2.39. The van der Waals surface area contributed by atoms with Crippen LogP contribution in [0.25, 0.3) is 11.1 Å². The Morgan fingerprint density at radius 2 is 1.94 bits per heavy atom. The van der Waals surface area contributed by atoms with E-state index < -0.39 is 5.97 Å². The number of benzene rings is 1. The van der Waals surface area contributed by atoms with Crippen LogP contribution >= 0.6 is 34.5 Å². The van der Waals surface area contributed by atoms with E-state index in [1.807, 2.05) is 0 Å². The van der Waals surface area contributed by atoms with Crippen LogP contribution in [-0.2, 0) is 0 Å². The topological polar surface area (TPSA) is 57.5 Å². The Balaban J connectivity index is 2.51. The highest BCUT2D eigenvalue weighted by Gasteiger charge is 2.13. The molecule has 0 atom stereocenters. The number of aromatic carboxylic acids is 1. The summed E-state index contributed by atoms with van der Waals surface area (Å²) in [5, 5.41) is 18.3. The maximum atomic E-state index is 10.7. The second-order valence-corrected chi connectivity index (χ2v) is 5.56. The van der Waals surface area contributed by atoms with Crippen molar-refractivity contribution in [3.63, 3.8) is 0 Å².